The quantitative estimate of drug-likeness (QED) is 0.760. The molecule has 4 heteroatoms. The van der Waals surface area contributed by atoms with Gasteiger partial charge >= 0.3 is 0 Å². The molecule has 0 aromatic heterocycles. The number of likely N-dealkylation sites (N-methyl/N-ethyl adjacent to an activating group) is 1. The number of aryl methyl sites for hydroxylation is 1. The van der Waals surface area contributed by atoms with Gasteiger partial charge in [0.25, 0.3) is 0 Å². The Bertz CT molecular complexity index is 365. The third kappa shape index (κ3) is 3.77. The van der Waals surface area contributed by atoms with Gasteiger partial charge in [0, 0.05) is 13.2 Å². The monoisotopic (exact) mass is 255 g/mol. The van der Waals surface area contributed by atoms with Crippen LogP contribution in [0.4, 0.5) is 4.39 Å². The summed E-state index contributed by atoms with van der Waals surface area (Å²) in [5.41, 5.74) is 1.88. The van der Waals surface area contributed by atoms with Crippen molar-refractivity contribution < 1.29 is 13.9 Å². The van der Waals surface area contributed by atoms with E-state index in [1.54, 1.807) is 6.07 Å². The third-order valence-corrected chi connectivity index (χ3v) is 2.81. The molecule has 0 heterocycles. The van der Waals surface area contributed by atoms with Gasteiger partial charge in [0.05, 0.1) is 6.04 Å². The van der Waals surface area contributed by atoms with Crippen molar-refractivity contribution in [2.24, 2.45) is 0 Å². The van der Waals surface area contributed by atoms with E-state index in [-0.39, 0.29) is 18.1 Å². The lowest BCUT2D eigenvalue weighted by molar-refractivity contribution is -0.154. The Hall–Kier alpha value is -0.970. The number of hydrogen-bond donors (Lipinski definition) is 1. The van der Waals surface area contributed by atoms with Crippen LogP contribution in [0.15, 0.2) is 18.2 Å². The molecule has 0 aliphatic rings. The molecule has 1 aromatic carbocycles. The molecule has 1 N–H and O–H groups in total. The van der Waals surface area contributed by atoms with E-state index in [1.165, 1.54) is 12.1 Å². The first-order valence-electron chi connectivity index (χ1n) is 6.30. The molecule has 102 valence electrons. The Morgan fingerprint density at radius 2 is 1.83 bits per heavy atom. The van der Waals surface area contributed by atoms with Crippen molar-refractivity contribution in [1.82, 2.24) is 5.32 Å². The number of ether oxygens (including phenoxy) is 2. The number of hydrogen-bond acceptors (Lipinski definition) is 3. The molecule has 18 heavy (non-hydrogen) atoms. The van der Waals surface area contributed by atoms with Crippen LogP contribution in [0.2, 0.25) is 0 Å². The standard InChI is InChI=1S/C14H22FNO2/c1-5-17-14(18-6-2)13(16-4)12-8-7-11(15)9-10(12)3/h7-9,13-14,16H,5-6H2,1-4H3. The molecule has 0 amide bonds. The van der Waals surface area contributed by atoms with E-state index >= 15 is 0 Å². The second-order valence-electron chi connectivity index (χ2n) is 4.05. The first-order chi connectivity index (χ1) is 8.63. The van der Waals surface area contributed by atoms with Crippen LogP contribution in [-0.4, -0.2) is 26.6 Å². The van der Waals surface area contributed by atoms with E-state index in [1.807, 2.05) is 27.8 Å². The maximum Gasteiger partial charge on any atom is 0.176 e. The highest BCUT2D eigenvalue weighted by atomic mass is 19.1. The fourth-order valence-electron chi connectivity index (χ4n) is 2.00. The smallest absolute Gasteiger partial charge is 0.176 e. The second kappa shape index (κ2) is 7.46. The maximum absolute atomic E-state index is 13.1. The van der Waals surface area contributed by atoms with E-state index in [2.05, 4.69) is 5.32 Å². The van der Waals surface area contributed by atoms with E-state index in [9.17, 15) is 4.39 Å². The largest absolute Gasteiger partial charge is 0.351 e. The lowest BCUT2D eigenvalue weighted by Crippen LogP contribution is -2.34. The van der Waals surface area contributed by atoms with Gasteiger partial charge in [-0.15, -0.1) is 0 Å². The average Bonchev–Trinajstić information content (AvgIpc) is 2.33. The predicted octanol–water partition coefficient (Wildman–Crippen LogP) is 2.79. The van der Waals surface area contributed by atoms with Crippen LogP contribution in [0.1, 0.15) is 31.0 Å². The van der Waals surface area contributed by atoms with E-state index < -0.39 is 0 Å². The van der Waals surface area contributed by atoms with Gasteiger partial charge in [0.15, 0.2) is 6.29 Å². The Kier molecular flexibility index (Phi) is 6.25. The van der Waals surface area contributed by atoms with Crippen LogP contribution in [0.5, 0.6) is 0 Å². The highest BCUT2D eigenvalue weighted by Crippen LogP contribution is 2.24. The number of halogens is 1. The lowest BCUT2D eigenvalue weighted by Gasteiger charge is -2.27. The summed E-state index contributed by atoms with van der Waals surface area (Å²) in [6, 6.07) is 4.65. The summed E-state index contributed by atoms with van der Waals surface area (Å²) < 4.78 is 24.3. The predicted molar refractivity (Wildman–Crippen MR) is 70.0 cm³/mol. The molecule has 3 nitrogen and oxygen atoms in total. The van der Waals surface area contributed by atoms with Gasteiger partial charge in [-0.2, -0.15) is 0 Å². The van der Waals surface area contributed by atoms with Crippen molar-refractivity contribution in [2.75, 3.05) is 20.3 Å². The SMILES string of the molecule is CCOC(OCC)C(NC)c1ccc(F)cc1C. The van der Waals surface area contributed by atoms with E-state index in [4.69, 9.17) is 9.47 Å². The molecule has 0 saturated heterocycles. The van der Waals surface area contributed by atoms with Crippen LogP contribution < -0.4 is 5.32 Å². The fourth-order valence-corrected chi connectivity index (χ4v) is 2.00. The van der Waals surface area contributed by atoms with Crippen molar-refractivity contribution in [3.8, 4) is 0 Å². The number of nitrogens with one attached hydrogen (secondary N) is 1. The minimum Gasteiger partial charge on any atom is -0.351 e. The number of benzene rings is 1. The molecule has 1 rings (SSSR count). The van der Waals surface area contributed by atoms with Crippen LogP contribution in [0.25, 0.3) is 0 Å². The van der Waals surface area contributed by atoms with Crippen molar-refractivity contribution in [1.29, 1.82) is 0 Å². The minimum atomic E-state index is -0.367. The van der Waals surface area contributed by atoms with Gasteiger partial charge in [-0.05, 0) is 51.1 Å². The number of rotatable bonds is 7. The average molecular weight is 255 g/mol. The summed E-state index contributed by atoms with van der Waals surface area (Å²) in [5.74, 6) is -0.226. The summed E-state index contributed by atoms with van der Waals surface area (Å²) in [6.45, 7) is 6.89. The zero-order valence-corrected chi connectivity index (χ0v) is 11.5. The van der Waals surface area contributed by atoms with Gasteiger partial charge in [0.2, 0.25) is 0 Å². The normalized spacial score (nSPS) is 13.0. The molecule has 0 aliphatic heterocycles. The van der Waals surface area contributed by atoms with Crippen LogP contribution in [-0.2, 0) is 9.47 Å². The molecule has 0 bridgehead atoms. The van der Waals surface area contributed by atoms with Gasteiger partial charge in [0.1, 0.15) is 5.82 Å². The van der Waals surface area contributed by atoms with Crippen LogP contribution in [0.3, 0.4) is 0 Å². The summed E-state index contributed by atoms with van der Waals surface area (Å²) in [4.78, 5) is 0. The van der Waals surface area contributed by atoms with E-state index in [0.29, 0.717) is 13.2 Å². The highest BCUT2D eigenvalue weighted by Gasteiger charge is 2.24. The van der Waals surface area contributed by atoms with Crippen LogP contribution >= 0.6 is 0 Å². The molecular formula is C14H22FNO2. The Balaban J connectivity index is 2.98. The Labute approximate surface area is 108 Å². The maximum atomic E-state index is 13.1. The van der Waals surface area contributed by atoms with Gasteiger partial charge < -0.3 is 14.8 Å². The first kappa shape index (κ1) is 15.1. The fraction of sp³-hybridized carbons (Fsp3) is 0.571. The zero-order chi connectivity index (χ0) is 13.5. The van der Waals surface area contributed by atoms with Gasteiger partial charge in [-0.3, -0.25) is 0 Å². The molecule has 0 saturated carbocycles. The van der Waals surface area contributed by atoms with Crippen molar-refractivity contribution in [3.05, 3.63) is 35.1 Å². The molecule has 0 radical (unpaired) electrons. The summed E-state index contributed by atoms with van der Waals surface area (Å²) in [6.07, 6.45) is -0.367. The molecule has 1 atom stereocenters. The molecule has 0 fully saturated rings. The summed E-state index contributed by atoms with van der Waals surface area (Å²) in [7, 11) is 1.85. The minimum absolute atomic E-state index is 0.106. The molecule has 1 unspecified atom stereocenters. The third-order valence-electron chi connectivity index (χ3n) is 2.81. The second-order valence-corrected chi connectivity index (χ2v) is 4.05. The summed E-state index contributed by atoms with van der Waals surface area (Å²) >= 11 is 0. The van der Waals surface area contributed by atoms with E-state index in [0.717, 1.165) is 11.1 Å². The lowest BCUT2D eigenvalue weighted by atomic mass is 10.0. The Morgan fingerprint density at radius 3 is 2.28 bits per heavy atom. The topological polar surface area (TPSA) is 30.5 Å². The molecule has 0 aliphatic carbocycles. The van der Waals surface area contributed by atoms with Crippen molar-refractivity contribution in [2.45, 2.75) is 33.1 Å². The molecular weight excluding hydrogens is 233 g/mol. The summed E-state index contributed by atoms with van der Waals surface area (Å²) in [5, 5.41) is 3.18. The van der Waals surface area contributed by atoms with Crippen molar-refractivity contribution in [3.63, 3.8) is 0 Å². The first-order valence-corrected chi connectivity index (χ1v) is 6.30. The Morgan fingerprint density at radius 1 is 1.22 bits per heavy atom. The van der Waals surface area contributed by atoms with Gasteiger partial charge in [-0.25, -0.2) is 4.39 Å². The highest BCUT2D eigenvalue weighted by molar-refractivity contribution is 5.30. The van der Waals surface area contributed by atoms with Crippen LogP contribution in [0, 0.1) is 12.7 Å². The molecule has 1 aromatic rings. The zero-order valence-electron chi connectivity index (χ0n) is 11.5. The van der Waals surface area contributed by atoms with Gasteiger partial charge in [-0.1, -0.05) is 6.07 Å². The molecule has 0 spiro atoms. The van der Waals surface area contributed by atoms with Crippen molar-refractivity contribution >= 4 is 0 Å².